The first kappa shape index (κ1) is 12.5. The van der Waals surface area contributed by atoms with Gasteiger partial charge in [0.25, 0.3) is 0 Å². The average Bonchev–Trinajstić information content (AvgIpc) is 2.91. The highest BCUT2D eigenvalue weighted by molar-refractivity contribution is 7.99. The zero-order chi connectivity index (χ0) is 13.1. The lowest BCUT2D eigenvalue weighted by Crippen LogP contribution is -2.16. The highest BCUT2D eigenvalue weighted by Gasteiger charge is 2.22. The molecular weight excluding hydrogens is 262 g/mol. The number of nitrogens with two attached hydrogens (primary N) is 1. The fourth-order valence-corrected chi connectivity index (χ4v) is 2.81. The van der Waals surface area contributed by atoms with Crippen LogP contribution in [0, 0.1) is 0 Å². The number of aromatic nitrogens is 2. The second-order valence-electron chi connectivity index (χ2n) is 4.36. The van der Waals surface area contributed by atoms with E-state index in [1.54, 1.807) is 0 Å². The van der Waals surface area contributed by atoms with Gasteiger partial charge in [-0.3, -0.25) is 0 Å². The van der Waals surface area contributed by atoms with Gasteiger partial charge in [-0.15, -0.1) is 0 Å². The molecule has 1 aromatic carbocycles. The molecule has 0 bridgehead atoms. The third kappa shape index (κ3) is 2.90. The number of nitrogen functional groups attached to an aromatic ring is 1. The maximum Gasteiger partial charge on any atom is 0.231 e. The first-order valence-electron chi connectivity index (χ1n) is 6.18. The van der Waals surface area contributed by atoms with Crippen molar-refractivity contribution in [3.05, 3.63) is 41.5 Å². The molecule has 2 aromatic rings. The third-order valence-corrected chi connectivity index (χ3v) is 3.98. The largest absolute Gasteiger partial charge is 0.398 e. The molecule has 0 saturated carbocycles. The van der Waals surface area contributed by atoms with Crippen molar-refractivity contribution in [2.75, 3.05) is 23.8 Å². The number of rotatable bonds is 3. The van der Waals surface area contributed by atoms with Gasteiger partial charge >= 0.3 is 0 Å². The number of hydrogen-bond acceptors (Lipinski definition) is 6. The summed E-state index contributed by atoms with van der Waals surface area (Å²) in [5.41, 5.74) is 7.64. The van der Waals surface area contributed by atoms with Crippen LogP contribution in [-0.4, -0.2) is 28.3 Å². The van der Waals surface area contributed by atoms with Crippen LogP contribution < -0.4 is 5.73 Å². The quantitative estimate of drug-likeness (QED) is 0.865. The Kier molecular flexibility index (Phi) is 3.70. The summed E-state index contributed by atoms with van der Waals surface area (Å²) in [6.45, 7) is 0.741. The molecule has 1 fully saturated rings. The Morgan fingerprint density at radius 1 is 1.37 bits per heavy atom. The zero-order valence-electron chi connectivity index (χ0n) is 10.4. The Balaban J connectivity index is 1.73. The van der Waals surface area contributed by atoms with E-state index in [1.807, 2.05) is 36.0 Å². The van der Waals surface area contributed by atoms with Crippen molar-refractivity contribution in [3.63, 3.8) is 0 Å². The third-order valence-electron chi connectivity index (χ3n) is 2.98. The number of thioether (sulfide) groups is 1. The van der Waals surface area contributed by atoms with E-state index in [0.29, 0.717) is 18.1 Å². The van der Waals surface area contributed by atoms with E-state index < -0.39 is 0 Å². The van der Waals surface area contributed by atoms with Crippen LogP contribution in [0.4, 0.5) is 5.69 Å². The molecule has 5 nitrogen and oxygen atoms in total. The highest BCUT2D eigenvalue weighted by atomic mass is 32.2. The summed E-state index contributed by atoms with van der Waals surface area (Å²) < 4.78 is 10.9. The van der Waals surface area contributed by atoms with Crippen LogP contribution in [0.1, 0.15) is 23.4 Å². The van der Waals surface area contributed by atoms with Gasteiger partial charge in [0.15, 0.2) is 0 Å². The fourth-order valence-electron chi connectivity index (χ4n) is 1.97. The van der Waals surface area contributed by atoms with Crippen molar-refractivity contribution in [1.82, 2.24) is 10.1 Å². The van der Waals surface area contributed by atoms with Gasteiger partial charge < -0.3 is 15.0 Å². The Hall–Kier alpha value is -1.53. The summed E-state index contributed by atoms with van der Waals surface area (Å²) in [7, 11) is 0. The number of ether oxygens (including phenoxy) is 1. The van der Waals surface area contributed by atoms with Gasteiger partial charge in [0.05, 0.1) is 13.0 Å². The zero-order valence-corrected chi connectivity index (χ0v) is 11.2. The number of nitrogens with zero attached hydrogens (tertiary/aromatic N) is 2. The maximum atomic E-state index is 5.90. The lowest BCUT2D eigenvalue weighted by Gasteiger charge is -2.18. The average molecular weight is 277 g/mol. The lowest BCUT2D eigenvalue weighted by molar-refractivity contribution is 0.0677. The molecule has 19 heavy (non-hydrogen) atoms. The predicted octanol–water partition coefficient (Wildman–Crippen LogP) is 2.05. The SMILES string of the molecule is Nc1ccccc1Cc1nc(C2CSCCO2)no1. The topological polar surface area (TPSA) is 74.2 Å². The van der Waals surface area contributed by atoms with Gasteiger partial charge in [0.1, 0.15) is 6.10 Å². The van der Waals surface area contributed by atoms with Crippen molar-refractivity contribution < 1.29 is 9.26 Å². The molecule has 2 heterocycles. The monoisotopic (exact) mass is 277 g/mol. The van der Waals surface area contributed by atoms with Crippen molar-refractivity contribution in [2.24, 2.45) is 0 Å². The number of para-hydroxylation sites is 1. The summed E-state index contributed by atoms with van der Waals surface area (Å²) in [6.07, 6.45) is 0.504. The van der Waals surface area contributed by atoms with Crippen molar-refractivity contribution in [2.45, 2.75) is 12.5 Å². The van der Waals surface area contributed by atoms with E-state index in [4.69, 9.17) is 15.0 Å². The van der Waals surface area contributed by atoms with Gasteiger partial charge in [0.2, 0.25) is 11.7 Å². The molecular formula is C13H15N3O2S. The molecule has 1 unspecified atom stereocenters. The molecule has 0 amide bonds. The van der Waals surface area contributed by atoms with Gasteiger partial charge in [-0.1, -0.05) is 23.4 Å². The Bertz CT molecular complexity index is 552. The van der Waals surface area contributed by atoms with Gasteiger partial charge in [-0.25, -0.2) is 0 Å². The van der Waals surface area contributed by atoms with Crippen LogP contribution >= 0.6 is 11.8 Å². The molecule has 1 aromatic heterocycles. The van der Waals surface area contributed by atoms with E-state index in [2.05, 4.69) is 10.1 Å². The van der Waals surface area contributed by atoms with Crippen LogP contribution in [0.3, 0.4) is 0 Å². The van der Waals surface area contributed by atoms with E-state index in [-0.39, 0.29) is 6.10 Å². The summed E-state index contributed by atoms with van der Waals surface area (Å²) in [4.78, 5) is 4.40. The van der Waals surface area contributed by atoms with Crippen molar-refractivity contribution >= 4 is 17.4 Å². The Morgan fingerprint density at radius 3 is 3.05 bits per heavy atom. The molecule has 3 rings (SSSR count). The fraction of sp³-hybridized carbons (Fsp3) is 0.385. The minimum Gasteiger partial charge on any atom is -0.398 e. The number of anilines is 1. The molecule has 0 aliphatic carbocycles. The molecule has 1 saturated heterocycles. The highest BCUT2D eigenvalue weighted by Crippen LogP contribution is 2.25. The van der Waals surface area contributed by atoms with Crippen molar-refractivity contribution in [1.29, 1.82) is 0 Å². The van der Waals surface area contributed by atoms with E-state index in [9.17, 15) is 0 Å². The van der Waals surface area contributed by atoms with Crippen LogP contribution in [0.5, 0.6) is 0 Å². The lowest BCUT2D eigenvalue weighted by atomic mass is 10.1. The second kappa shape index (κ2) is 5.63. The number of hydrogen-bond donors (Lipinski definition) is 1. The molecule has 0 spiro atoms. The minimum absolute atomic E-state index is 0.0515. The Morgan fingerprint density at radius 2 is 2.26 bits per heavy atom. The minimum atomic E-state index is -0.0515. The first-order chi connectivity index (χ1) is 9.33. The molecule has 1 aliphatic heterocycles. The maximum absolute atomic E-state index is 5.90. The van der Waals surface area contributed by atoms with Crippen molar-refractivity contribution in [3.8, 4) is 0 Å². The summed E-state index contributed by atoms with van der Waals surface area (Å²) >= 11 is 1.85. The van der Waals surface area contributed by atoms with Crippen LogP contribution in [0.2, 0.25) is 0 Å². The number of benzene rings is 1. The molecule has 2 N–H and O–H groups in total. The first-order valence-corrected chi connectivity index (χ1v) is 7.33. The van der Waals surface area contributed by atoms with Gasteiger partial charge in [-0.2, -0.15) is 16.7 Å². The molecule has 0 radical (unpaired) electrons. The van der Waals surface area contributed by atoms with Crippen LogP contribution in [0.15, 0.2) is 28.8 Å². The predicted molar refractivity (Wildman–Crippen MR) is 74.0 cm³/mol. The van der Waals surface area contributed by atoms with Crippen LogP contribution in [0.25, 0.3) is 0 Å². The van der Waals surface area contributed by atoms with Gasteiger partial charge in [0, 0.05) is 17.2 Å². The smallest absolute Gasteiger partial charge is 0.231 e. The summed E-state index contributed by atoms with van der Waals surface area (Å²) in [5, 5.41) is 4.00. The van der Waals surface area contributed by atoms with Gasteiger partial charge in [-0.05, 0) is 11.6 Å². The van der Waals surface area contributed by atoms with Crippen LogP contribution in [-0.2, 0) is 11.2 Å². The molecule has 100 valence electrons. The molecule has 6 heteroatoms. The standard InChI is InChI=1S/C13H15N3O2S/c14-10-4-2-1-3-9(10)7-12-15-13(16-18-12)11-8-19-6-5-17-11/h1-4,11H,5-8,14H2. The summed E-state index contributed by atoms with van der Waals surface area (Å²) in [6, 6.07) is 7.69. The molecule has 1 aliphatic rings. The normalized spacial score (nSPS) is 19.5. The Labute approximate surface area is 115 Å². The van der Waals surface area contributed by atoms with E-state index in [1.165, 1.54) is 0 Å². The summed E-state index contributed by atoms with van der Waals surface area (Å²) in [5.74, 6) is 3.12. The van der Waals surface area contributed by atoms with E-state index in [0.717, 1.165) is 29.4 Å². The second-order valence-corrected chi connectivity index (χ2v) is 5.51. The molecule has 1 atom stereocenters. The van der Waals surface area contributed by atoms with E-state index >= 15 is 0 Å².